The van der Waals surface area contributed by atoms with Crippen molar-refractivity contribution in [2.24, 2.45) is 5.73 Å². The van der Waals surface area contributed by atoms with Gasteiger partial charge < -0.3 is 14.9 Å². The van der Waals surface area contributed by atoms with Crippen LogP contribution < -0.4 is 10.5 Å². The molecule has 1 fully saturated rings. The molecule has 2 heterocycles. The summed E-state index contributed by atoms with van der Waals surface area (Å²) in [6, 6.07) is 17.9. The SMILES string of the molecule is Cc1oc(-c2cccc(Oc3ccccc3)c2)nc1CN1CCC(N)CC1. The van der Waals surface area contributed by atoms with Crippen molar-refractivity contribution in [3.05, 3.63) is 66.1 Å². The van der Waals surface area contributed by atoms with E-state index in [1.54, 1.807) is 0 Å². The summed E-state index contributed by atoms with van der Waals surface area (Å²) in [5.41, 5.74) is 7.91. The third-order valence-corrected chi connectivity index (χ3v) is 4.96. The van der Waals surface area contributed by atoms with E-state index in [1.165, 1.54) is 0 Å². The fourth-order valence-corrected chi connectivity index (χ4v) is 3.34. The Morgan fingerprint density at radius 2 is 1.81 bits per heavy atom. The molecule has 1 aliphatic heterocycles. The van der Waals surface area contributed by atoms with E-state index in [0.29, 0.717) is 11.9 Å². The second-order valence-corrected chi connectivity index (χ2v) is 7.08. The van der Waals surface area contributed by atoms with Crippen molar-refractivity contribution in [3.63, 3.8) is 0 Å². The van der Waals surface area contributed by atoms with Crippen LogP contribution in [0.3, 0.4) is 0 Å². The van der Waals surface area contributed by atoms with E-state index in [-0.39, 0.29) is 0 Å². The molecule has 1 aromatic heterocycles. The number of oxazole rings is 1. The van der Waals surface area contributed by atoms with Gasteiger partial charge in [0.05, 0.1) is 5.69 Å². The molecule has 2 N–H and O–H groups in total. The maximum absolute atomic E-state index is 6.00. The molecule has 0 amide bonds. The van der Waals surface area contributed by atoms with Gasteiger partial charge in [-0.2, -0.15) is 0 Å². The molecule has 0 radical (unpaired) electrons. The van der Waals surface area contributed by atoms with Crippen molar-refractivity contribution >= 4 is 0 Å². The van der Waals surface area contributed by atoms with Gasteiger partial charge in [-0.05, 0) is 50.1 Å². The lowest BCUT2D eigenvalue weighted by Crippen LogP contribution is -2.39. The molecular formula is C22H25N3O2. The van der Waals surface area contributed by atoms with Gasteiger partial charge in [0.25, 0.3) is 0 Å². The van der Waals surface area contributed by atoms with E-state index in [2.05, 4.69) is 4.90 Å². The zero-order chi connectivity index (χ0) is 18.6. The summed E-state index contributed by atoms with van der Waals surface area (Å²) in [5, 5.41) is 0. The minimum Gasteiger partial charge on any atom is -0.457 e. The summed E-state index contributed by atoms with van der Waals surface area (Å²) >= 11 is 0. The number of aryl methyl sites for hydroxylation is 1. The van der Waals surface area contributed by atoms with E-state index >= 15 is 0 Å². The zero-order valence-electron chi connectivity index (χ0n) is 15.6. The molecule has 0 spiro atoms. The van der Waals surface area contributed by atoms with Crippen molar-refractivity contribution < 1.29 is 9.15 Å². The largest absolute Gasteiger partial charge is 0.457 e. The summed E-state index contributed by atoms with van der Waals surface area (Å²) < 4.78 is 11.9. The van der Waals surface area contributed by atoms with Gasteiger partial charge in [0.2, 0.25) is 5.89 Å². The first-order valence-electron chi connectivity index (χ1n) is 9.45. The highest BCUT2D eigenvalue weighted by atomic mass is 16.5. The van der Waals surface area contributed by atoms with Gasteiger partial charge >= 0.3 is 0 Å². The van der Waals surface area contributed by atoms with Crippen LogP contribution in [0.4, 0.5) is 0 Å². The maximum Gasteiger partial charge on any atom is 0.226 e. The molecule has 140 valence electrons. The Bertz CT molecular complexity index is 884. The fourth-order valence-electron chi connectivity index (χ4n) is 3.34. The van der Waals surface area contributed by atoms with Gasteiger partial charge in [-0.3, -0.25) is 4.90 Å². The van der Waals surface area contributed by atoms with E-state index in [4.69, 9.17) is 19.9 Å². The van der Waals surface area contributed by atoms with Crippen molar-refractivity contribution in [2.75, 3.05) is 13.1 Å². The Labute approximate surface area is 159 Å². The van der Waals surface area contributed by atoms with Crippen molar-refractivity contribution in [2.45, 2.75) is 32.4 Å². The monoisotopic (exact) mass is 363 g/mol. The number of piperidine rings is 1. The highest BCUT2D eigenvalue weighted by Gasteiger charge is 2.19. The smallest absolute Gasteiger partial charge is 0.226 e. The van der Waals surface area contributed by atoms with Gasteiger partial charge in [0.15, 0.2) is 0 Å². The number of rotatable bonds is 5. The Hall–Kier alpha value is -2.63. The first kappa shape index (κ1) is 17.8. The molecule has 4 rings (SSSR count). The first-order valence-corrected chi connectivity index (χ1v) is 9.45. The predicted molar refractivity (Wildman–Crippen MR) is 106 cm³/mol. The average Bonchev–Trinajstić information content (AvgIpc) is 3.05. The van der Waals surface area contributed by atoms with Gasteiger partial charge in [0, 0.05) is 31.2 Å². The lowest BCUT2D eigenvalue weighted by Gasteiger charge is -2.29. The summed E-state index contributed by atoms with van der Waals surface area (Å²) in [6.45, 7) is 4.82. The number of nitrogens with zero attached hydrogens (tertiary/aromatic N) is 2. The molecule has 1 aliphatic rings. The number of likely N-dealkylation sites (tertiary alicyclic amines) is 1. The third-order valence-electron chi connectivity index (χ3n) is 4.96. The first-order chi connectivity index (χ1) is 13.2. The number of benzene rings is 2. The molecule has 5 nitrogen and oxygen atoms in total. The number of ether oxygens (including phenoxy) is 1. The summed E-state index contributed by atoms with van der Waals surface area (Å²) in [6.07, 6.45) is 2.09. The van der Waals surface area contributed by atoms with E-state index in [9.17, 15) is 0 Å². The molecule has 5 heteroatoms. The zero-order valence-corrected chi connectivity index (χ0v) is 15.6. The van der Waals surface area contributed by atoms with Gasteiger partial charge in [-0.15, -0.1) is 0 Å². The minimum absolute atomic E-state index is 0.336. The number of hydrogen-bond acceptors (Lipinski definition) is 5. The van der Waals surface area contributed by atoms with Gasteiger partial charge in [-0.25, -0.2) is 4.98 Å². The summed E-state index contributed by atoms with van der Waals surface area (Å²) in [7, 11) is 0. The Kier molecular flexibility index (Phi) is 5.23. The maximum atomic E-state index is 6.00. The Morgan fingerprint density at radius 1 is 1.07 bits per heavy atom. The lowest BCUT2D eigenvalue weighted by atomic mass is 10.1. The van der Waals surface area contributed by atoms with Crippen LogP contribution in [-0.4, -0.2) is 29.0 Å². The highest BCUT2D eigenvalue weighted by molar-refractivity contribution is 5.57. The lowest BCUT2D eigenvalue weighted by molar-refractivity contribution is 0.203. The number of nitrogens with two attached hydrogens (primary N) is 1. The average molecular weight is 363 g/mol. The normalized spacial score (nSPS) is 15.8. The van der Waals surface area contributed by atoms with Crippen LogP contribution in [0.15, 0.2) is 59.0 Å². The quantitative estimate of drug-likeness (QED) is 0.729. The number of hydrogen-bond donors (Lipinski definition) is 1. The summed E-state index contributed by atoms with van der Waals surface area (Å²) in [5.74, 6) is 3.08. The number of aromatic nitrogens is 1. The predicted octanol–water partition coefficient (Wildman–Crippen LogP) is 4.37. The molecule has 0 aliphatic carbocycles. The third kappa shape index (κ3) is 4.38. The molecule has 2 aromatic carbocycles. The highest BCUT2D eigenvalue weighted by Crippen LogP contribution is 2.28. The van der Waals surface area contributed by atoms with Crippen LogP contribution in [0, 0.1) is 6.92 Å². The second-order valence-electron chi connectivity index (χ2n) is 7.08. The van der Waals surface area contributed by atoms with Crippen molar-refractivity contribution in [1.82, 2.24) is 9.88 Å². The standard InChI is InChI=1S/C22H25N3O2/c1-16-21(15-25-12-10-18(23)11-13-25)24-22(26-16)17-6-5-9-20(14-17)27-19-7-3-2-4-8-19/h2-9,14,18H,10-13,15,23H2,1H3. The molecule has 0 bridgehead atoms. The van der Waals surface area contributed by atoms with Crippen molar-refractivity contribution in [1.29, 1.82) is 0 Å². The van der Waals surface area contributed by atoms with Crippen LogP contribution in [0.5, 0.6) is 11.5 Å². The van der Waals surface area contributed by atoms with E-state index in [1.807, 2.05) is 61.5 Å². The van der Waals surface area contributed by atoms with Crippen LogP contribution in [0.25, 0.3) is 11.5 Å². The molecule has 0 unspecified atom stereocenters. The molecular weight excluding hydrogens is 338 g/mol. The van der Waals surface area contributed by atoms with Crippen LogP contribution >= 0.6 is 0 Å². The molecule has 1 saturated heterocycles. The molecule has 0 saturated carbocycles. The second kappa shape index (κ2) is 7.94. The molecule has 3 aromatic rings. The minimum atomic E-state index is 0.336. The van der Waals surface area contributed by atoms with E-state index in [0.717, 1.165) is 61.0 Å². The Balaban J connectivity index is 1.49. The summed E-state index contributed by atoms with van der Waals surface area (Å²) in [4.78, 5) is 7.14. The van der Waals surface area contributed by atoms with Crippen LogP contribution in [-0.2, 0) is 6.54 Å². The molecule has 0 atom stereocenters. The van der Waals surface area contributed by atoms with Gasteiger partial charge in [-0.1, -0.05) is 24.3 Å². The van der Waals surface area contributed by atoms with Crippen LogP contribution in [0.1, 0.15) is 24.3 Å². The fraction of sp³-hybridized carbons (Fsp3) is 0.318. The Morgan fingerprint density at radius 3 is 2.59 bits per heavy atom. The topological polar surface area (TPSA) is 64.5 Å². The van der Waals surface area contributed by atoms with Crippen LogP contribution in [0.2, 0.25) is 0 Å². The van der Waals surface area contributed by atoms with Crippen molar-refractivity contribution in [3.8, 4) is 23.0 Å². The molecule has 27 heavy (non-hydrogen) atoms. The van der Waals surface area contributed by atoms with Gasteiger partial charge in [0.1, 0.15) is 17.3 Å². The van der Waals surface area contributed by atoms with E-state index < -0.39 is 0 Å². The number of para-hydroxylation sites is 1.